The van der Waals surface area contributed by atoms with Crippen molar-refractivity contribution in [3.05, 3.63) is 0 Å². The maximum Gasteiger partial charge on any atom is 0.112 e. The molecule has 0 aromatic rings. The van der Waals surface area contributed by atoms with E-state index in [4.69, 9.17) is 0 Å². The van der Waals surface area contributed by atoms with Gasteiger partial charge in [0.1, 0.15) is 6.17 Å². The second-order valence-electron chi connectivity index (χ2n) is 3.06. The molecule has 0 aliphatic rings. The molecular formula is C10H24FN. The van der Waals surface area contributed by atoms with Crippen molar-refractivity contribution in [1.29, 1.82) is 0 Å². The first-order valence-electron chi connectivity index (χ1n) is 5.01. The summed E-state index contributed by atoms with van der Waals surface area (Å²) in [4.78, 5) is 0. The normalized spacial score (nSPS) is 12.2. The third-order valence-electron chi connectivity index (χ3n) is 1.36. The zero-order valence-electron chi connectivity index (χ0n) is 9.15. The number of alkyl halides is 1. The summed E-state index contributed by atoms with van der Waals surface area (Å²) < 4.78 is 12.5. The van der Waals surface area contributed by atoms with Crippen LogP contribution in [-0.4, -0.2) is 19.3 Å². The zero-order chi connectivity index (χ0) is 9.98. The molecule has 0 saturated heterocycles. The summed E-state index contributed by atoms with van der Waals surface area (Å²) in [6, 6.07) is 0. The maximum atomic E-state index is 12.5. The molecule has 0 amide bonds. The Labute approximate surface area is 76.7 Å². The lowest BCUT2D eigenvalue weighted by Crippen LogP contribution is -2.26. The Kier molecular flexibility index (Phi) is 13.1. The molecule has 1 atom stereocenters. The minimum absolute atomic E-state index is 0.509. The average molecular weight is 177 g/mol. The van der Waals surface area contributed by atoms with Crippen molar-refractivity contribution in [3.63, 3.8) is 0 Å². The minimum Gasteiger partial charge on any atom is -0.314 e. The van der Waals surface area contributed by atoms with Crippen LogP contribution in [0.15, 0.2) is 0 Å². The van der Waals surface area contributed by atoms with E-state index in [-0.39, 0.29) is 0 Å². The summed E-state index contributed by atoms with van der Waals surface area (Å²) in [6.07, 6.45) is -0.0517. The van der Waals surface area contributed by atoms with E-state index in [0.717, 1.165) is 6.54 Å². The van der Waals surface area contributed by atoms with Crippen molar-refractivity contribution in [3.8, 4) is 0 Å². The van der Waals surface area contributed by atoms with Gasteiger partial charge in [-0.2, -0.15) is 0 Å². The predicted molar refractivity (Wildman–Crippen MR) is 54.2 cm³/mol. The van der Waals surface area contributed by atoms with E-state index in [1.807, 2.05) is 20.8 Å². The number of rotatable bonds is 5. The Morgan fingerprint density at radius 3 is 2.00 bits per heavy atom. The van der Waals surface area contributed by atoms with Crippen molar-refractivity contribution in [2.45, 2.75) is 47.2 Å². The second kappa shape index (κ2) is 10.9. The summed E-state index contributed by atoms with van der Waals surface area (Å²) in [5.74, 6) is 0.615. The molecule has 0 radical (unpaired) electrons. The summed E-state index contributed by atoms with van der Waals surface area (Å²) >= 11 is 0. The summed E-state index contributed by atoms with van der Waals surface area (Å²) in [5.41, 5.74) is 0. The quantitative estimate of drug-likeness (QED) is 0.680. The van der Waals surface area contributed by atoms with Crippen molar-refractivity contribution in [2.75, 3.05) is 13.1 Å². The van der Waals surface area contributed by atoms with Gasteiger partial charge in [-0.05, 0) is 18.9 Å². The van der Waals surface area contributed by atoms with Crippen LogP contribution in [0.1, 0.15) is 41.0 Å². The first-order valence-corrected chi connectivity index (χ1v) is 5.01. The molecule has 0 fully saturated rings. The molecule has 0 rings (SSSR count). The van der Waals surface area contributed by atoms with Crippen molar-refractivity contribution < 1.29 is 4.39 Å². The molecule has 0 heterocycles. The highest BCUT2D eigenvalue weighted by molar-refractivity contribution is 4.58. The van der Waals surface area contributed by atoms with E-state index in [1.165, 1.54) is 0 Å². The number of halogens is 1. The van der Waals surface area contributed by atoms with Crippen LogP contribution >= 0.6 is 0 Å². The predicted octanol–water partition coefficient (Wildman–Crippen LogP) is 3.01. The van der Waals surface area contributed by atoms with E-state index >= 15 is 0 Å². The lowest BCUT2D eigenvalue weighted by molar-refractivity contribution is 0.306. The van der Waals surface area contributed by atoms with Gasteiger partial charge in [0.05, 0.1) is 0 Å². The Hall–Kier alpha value is -0.110. The van der Waals surface area contributed by atoms with Crippen LogP contribution < -0.4 is 5.32 Å². The van der Waals surface area contributed by atoms with Crippen molar-refractivity contribution in [2.24, 2.45) is 5.92 Å². The molecule has 0 aliphatic carbocycles. The lowest BCUT2D eigenvalue weighted by Gasteiger charge is -2.08. The van der Waals surface area contributed by atoms with Gasteiger partial charge in [-0.15, -0.1) is 0 Å². The van der Waals surface area contributed by atoms with Gasteiger partial charge in [0.15, 0.2) is 0 Å². The van der Waals surface area contributed by atoms with Gasteiger partial charge in [0.2, 0.25) is 0 Å². The molecule has 0 aliphatic heterocycles. The third-order valence-corrected chi connectivity index (χ3v) is 1.36. The van der Waals surface area contributed by atoms with E-state index in [1.54, 1.807) is 0 Å². The van der Waals surface area contributed by atoms with Crippen LogP contribution in [0.25, 0.3) is 0 Å². The Morgan fingerprint density at radius 1 is 1.17 bits per heavy atom. The van der Waals surface area contributed by atoms with Crippen LogP contribution in [0.4, 0.5) is 4.39 Å². The molecule has 1 N–H and O–H groups in total. The van der Waals surface area contributed by atoms with E-state index in [2.05, 4.69) is 19.2 Å². The smallest absolute Gasteiger partial charge is 0.112 e. The topological polar surface area (TPSA) is 12.0 Å². The summed E-state index contributed by atoms with van der Waals surface area (Å²) in [7, 11) is 0. The monoisotopic (exact) mass is 177 g/mol. The molecule has 12 heavy (non-hydrogen) atoms. The van der Waals surface area contributed by atoms with E-state index in [9.17, 15) is 4.39 Å². The molecule has 0 spiro atoms. The SMILES string of the molecule is CC.CCC(F)CNCC(C)C. The van der Waals surface area contributed by atoms with E-state index in [0.29, 0.717) is 18.9 Å². The summed E-state index contributed by atoms with van der Waals surface area (Å²) in [6.45, 7) is 11.5. The van der Waals surface area contributed by atoms with Gasteiger partial charge in [-0.1, -0.05) is 34.6 Å². The Morgan fingerprint density at radius 2 is 1.67 bits per heavy atom. The second-order valence-corrected chi connectivity index (χ2v) is 3.06. The summed E-state index contributed by atoms with van der Waals surface area (Å²) in [5, 5.41) is 3.06. The largest absolute Gasteiger partial charge is 0.314 e. The Balaban J connectivity index is 0. The van der Waals surface area contributed by atoms with Crippen LogP contribution in [0.2, 0.25) is 0 Å². The average Bonchev–Trinajstić information content (AvgIpc) is 2.07. The lowest BCUT2D eigenvalue weighted by atomic mass is 10.2. The van der Waals surface area contributed by atoms with Crippen LogP contribution in [-0.2, 0) is 0 Å². The third kappa shape index (κ3) is 12.6. The highest BCUT2D eigenvalue weighted by Crippen LogP contribution is 1.94. The van der Waals surface area contributed by atoms with Crippen LogP contribution in [0.3, 0.4) is 0 Å². The Bertz CT molecular complexity index is 74.2. The minimum atomic E-state index is -0.668. The fourth-order valence-corrected chi connectivity index (χ4v) is 0.673. The number of hydrogen-bond donors (Lipinski definition) is 1. The van der Waals surface area contributed by atoms with Gasteiger partial charge >= 0.3 is 0 Å². The molecule has 0 aromatic heterocycles. The van der Waals surface area contributed by atoms with E-state index < -0.39 is 6.17 Å². The molecular weight excluding hydrogens is 153 g/mol. The van der Waals surface area contributed by atoms with Gasteiger partial charge in [0.25, 0.3) is 0 Å². The maximum absolute atomic E-state index is 12.5. The standard InChI is InChI=1S/C8H18FN.C2H6/c1-4-8(9)6-10-5-7(2)3;1-2/h7-8,10H,4-6H2,1-3H3;1-2H3. The van der Waals surface area contributed by atoms with Gasteiger partial charge in [-0.25, -0.2) is 4.39 Å². The zero-order valence-corrected chi connectivity index (χ0v) is 9.15. The molecule has 0 saturated carbocycles. The first kappa shape index (κ1) is 14.4. The number of nitrogens with one attached hydrogen (secondary N) is 1. The molecule has 0 aromatic carbocycles. The fraction of sp³-hybridized carbons (Fsp3) is 1.00. The number of hydrogen-bond acceptors (Lipinski definition) is 1. The molecule has 1 unspecified atom stereocenters. The van der Waals surface area contributed by atoms with Gasteiger partial charge in [0, 0.05) is 6.54 Å². The van der Waals surface area contributed by atoms with Crippen molar-refractivity contribution >= 4 is 0 Å². The highest BCUT2D eigenvalue weighted by atomic mass is 19.1. The molecule has 1 nitrogen and oxygen atoms in total. The van der Waals surface area contributed by atoms with Gasteiger partial charge < -0.3 is 5.32 Å². The fourth-order valence-electron chi connectivity index (χ4n) is 0.673. The van der Waals surface area contributed by atoms with Crippen molar-refractivity contribution in [1.82, 2.24) is 5.32 Å². The molecule has 76 valence electrons. The van der Waals surface area contributed by atoms with Crippen LogP contribution in [0, 0.1) is 5.92 Å². The van der Waals surface area contributed by atoms with Crippen LogP contribution in [0.5, 0.6) is 0 Å². The highest BCUT2D eigenvalue weighted by Gasteiger charge is 2.01. The molecule has 2 heteroatoms. The van der Waals surface area contributed by atoms with Gasteiger partial charge in [-0.3, -0.25) is 0 Å². The first-order chi connectivity index (χ1) is 5.66. The molecule has 0 bridgehead atoms.